The zero-order valence-corrected chi connectivity index (χ0v) is 12.8. The Hall–Kier alpha value is -1.26. The van der Waals surface area contributed by atoms with Crippen molar-refractivity contribution in [1.29, 1.82) is 0 Å². The van der Waals surface area contributed by atoms with Gasteiger partial charge in [0.2, 0.25) is 0 Å². The monoisotopic (exact) mass is 278 g/mol. The van der Waals surface area contributed by atoms with Crippen molar-refractivity contribution in [1.82, 2.24) is 0 Å². The lowest BCUT2D eigenvalue weighted by atomic mass is 10.0. The van der Waals surface area contributed by atoms with Crippen LogP contribution in [0.25, 0.3) is 0 Å². The first-order chi connectivity index (χ1) is 9.67. The van der Waals surface area contributed by atoms with E-state index in [1.807, 2.05) is 19.1 Å². The largest absolute Gasteiger partial charge is 0.496 e. The molecule has 1 fully saturated rings. The molecule has 1 saturated heterocycles. The number of anilines is 1. The van der Waals surface area contributed by atoms with Crippen LogP contribution >= 0.6 is 0 Å². The summed E-state index contributed by atoms with van der Waals surface area (Å²) < 4.78 is 11.2. The molecule has 4 heteroatoms. The maximum atomic E-state index is 6.14. The van der Waals surface area contributed by atoms with Gasteiger partial charge >= 0.3 is 0 Å². The van der Waals surface area contributed by atoms with Gasteiger partial charge in [-0.1, -0.05) is 6.07 Å². The fourth-order valence-corrected chi connectivity index (χ4v) is 2.94. The molecular weight excluding hydrogens is 252 g/mol. The Bertz CT molecular complexity index is 426. The summed E-state index contributed by atoms with van der Waals surface area (Å²) in [5.41, 5.74) is 8.45. The van der Waals surface area contributed by atoms with Gasteiger partial charge in [-0.3, -0.25) is 0 Å². The summed E-state index contributed by atoms with van der Waals surface area (Å²) >= 11 is 0. The summed E-state index contributed by atoms with van der Waals surface area (Å²) in [7, 11) is 1.70. The standard InChI is InChI=1S/C16H26N2O2/c1-4-20-13-8-10-18(11-9-13)14-6-5-7-15(19-3)16(14)12(2)17/h5-7,12-13H,4,8-11,17H2,1-3H3/t12-/m0/s1. The van der Waals surface area contributed by atoms with Crippen molar-refractivity contribution in [2.24, 2.45) is 5.73 Å². The van der Waals surface area contributed by atoms with Crippen LogP contribution in [0.5, 0.6) is 5.75 Å². The summed E-state index contributed by atoms with van der Waals surface area (Å²) in [4.78, 5) is 2.40. The Morgan fingerprint density at radius 2 is 2.05 bits per heavy atom. The number of methoxy groups -OCH3 is 1. The van der Waals surface area contributed by atoms with E-state index in [1.54, 1.807) is 7.11 Å². The topological polar surface area (TPSA) is 47.7 Å². The molecule has 2 N–H and O–H groups in total. The maximum Gasteiger partial charge on any atom is 0.125 e. The van der Waals surface area contributed by atoms with Crippen LogP contribution in [-0.2, 0) is 4.74 Å². The predicted octanol–water partition coefficient (Wildman–Crippen LogP) is 2.72. The zero-order valence-electron chi connectivity index (χ0n) is 12.8. The molecule has 0 radical (unpaired) electrons. The third kappa shape index (κ3) is 3.25. The Labute approximate surface area is 121 Å². The molecule has 1 aromatic rings. The molecule has 2 rings (SSSR count). The third-order valence-electron chi connectivity index (χ3n) is 3.90. The number of hydrogen-bond acceptors (Lipinski definition) is 4. The first-order valence-electron chi connectivity index (χ1n) is 7.46. The Morgan fingerprint density at radius 1 is 1.35 bits per heavy atom. The van der Waals surface area contributed by atoms with E-state index < -0.39 is 0 Å². The molecule has 112 valence electrons. The maximum absolute atomic E-state index is 6.14. The number of hydrogen-bond donors (Lipinski definition) is 1. The summed E-state index contributed by atoms with van der Waals surface area (Å²) in [6, 6.07) is 6.12. The van der Waals surface area contributed by atoms with Crippen molar-refractivity contribution in [2.45, 2.75) is 38.8 Å². The molecular formula is C16H26N2O2. The fraction of sp³-hybridized carbons (Fsp3) is 0.625. The van der Waals surface area contributed by atoms with Crippen molar-refractivity contribution in [3.63, 3.8) is 0 Å². The summed E-state index contributed by atoms with van der Waals surface area (Å²) in [6.45, 7) is 6.89. The highest BCUT2D eigenvalue weighted by atomic mass is 16.5. The lowest BCUT2D eigenvalue weighted by molar-refractivity contribution is 0.0459. The molecule has 0 aromatic heterocycles. The number of piperidine rings is 1. The van der Waals surface area contributed by atoms with E-state index >= 15 is 0 Å². The molecule has 1 aliphatic rings. The second-order valence-electron chi connectivity index (χ2n) is 5.32. The minimum absolute atomic E-state index is 0.0363. The number of ether oxygens (including phenoxy) is 2. The average Bonchev–Trinajstić information content (AvgIpc) is 2.47. The molecule has 0 saturated carbocycles. The van der Waals surface area contributed by atoms with E-state index in [1.165, 1.54) is 5.69 Å². The van der Waals surface area contributed by atoms with Gasteiger partial charge in [0.25, 0.3) is 0 Å². The average molecular weight is 278 g/mol. The molecule has 0 bridgehead atoms. The van der Waals surface area contributed by atoms with E-state index in [-0.39, 0.29) is 6.04 Å². The lowest BCUT2D eigenvalue weighted by Gasteiger charge is -2.35. The molecule has 1 atom stereocenters. The van der Waals surface area contributed by atoms with E-state index in [0.717, 1.165) is 43.9 Å². The van der Waals surface area contributed by atoms with Crippen LogP contribution in [0, 0.1) is 0 Å². The van der Waals surface area contributed by atoms with Crippen molar-refractivity contribution in [3.05, 3.63) is 23.8 Å². The van der Waals surface area contributed by atoms with E-state index in [2.05, 4.69) is 17.9 Å². The van der Waals surface area contributed by atoms with Crippen LogP contribution in [0.3, 0.4) is 0 Å². The number of nitrogens with zero attached hydrogens (tertiary/aromatic N) is 1. The van der Waals surface area contributed by atoms with Gasteiger partial charge in [-0.15, -0.1) is 0 Å². The first-order valence-corrected chi connectivity index (χ1v) is 7.46. The van der Waals surface area contributed by atoms with Crippen molar-refractivity contribution in [2.75, 3.05) is 31.7 Å². The van der Waals surface area contributed by atoms with Crippen LogP contribution in [0.1, 0.15) is 38.3 Å². The van der Waals surface area contributed by atoms with Crippen LogP contribution in [0.2, 0.25) is 0 Å². The summed E-state index contributed by atoms with van der Waals surface area (Å²) in [6.07, 6.45) is 2.55. The molecule has 4 nitrogen and oxygen atoms in total. The Kier molecular flexibility index (Phi) is 5.26. The van der Waals surface area contributed by atoms with E-state index in [4.69, 9.17) is 15.2 Å². The van der Waals surface area contributed by atoms with E-state index in [9.17, 15) is 0 Å². The molecule has 1 heterocycles. The molecule has 1 aromatic carbocycles. The number of rotatable bonds is 5. The first kappa shape index (κ1) is 15.1. The third-order valence-corrected chi connectivity index (χ3v) is 3.90. The van der Waals surface area contributed by atoms with Gasteiger partial charge in [-0.2, -0.15) is 0 Å². The predicted molar refractivity (Wildman–Crippen MR) is 82.5 cm³/mol. The molecule has 1 aliphatic heterocycles. The van der Waals surface area contributed by atoms with Gasteiger partial charge in [-0.05, 0) is 38.8 Å². The van der Waals surface area contributed by atoms with E-state index in [0.29, 0.717) is 6.10 Å². The zero-order chi connectivity index (χ0) is 14.5. The van der Waals surface area contributed by atoms with Gasteiger partial charge < -0.3 is 20.1 Å². The quantitative estimate of drug-likeness (QED) is 0.899. The summed E-state index contributed by atoms with van der Waals surface area (Å²) in [5, 5.41) is 0. The van der Waals surface area contributed by atoms with Gasteiger partial charge in [0.15, 0.2) is 0 Å². The van der Waals surface area contributed by atoms with Crippen LogP contribution in [-0.4, -0.2) is 32.9 Å². The van der Waals surface area contributed by atoms with Crippen molar-refractivity contribution < 1.29 is 9.47 Å². The normalized spacial score (nSPS) is 18.1. The highest BCUT2D eigenvalue weighted by Gasteiger charge is 2.23. The van der Waals surface area contributed by atoms with Gasteiger partial charge in [0, 0.05) is 37.0 Å². The Balaban J connectivity index is 2.17. The van der Waals surface area contributed by atoms with Crippen molar-refractivity contribution in [3.8, 4) is 5.75 Å². The molecule has 20 heavy (non-hydrogen) atoms. The molecule has 0 aliphatic carbocycles. The smallest absolute Gasteiger partial charge is 0.125 e. The van der Waals surface area contributed by atoms with Gasteiger partial charge in [0.1, 0.15) is 5.75 Å². The van der Waals surface area contributed by atoms with Crippen LogP contribution in [0.15, 0.2) is 18.2 Å². The molecule has 0 unspecified atom stereocenters. The summed E-state index contributed by atoms with van der Waals surface area (Å²) in [5.74, 6) is 0.879. The number of nitrogens with two attached hydrogens (primary N) is 1. The highest BCUT2D eigenvalue weighted by Crippen LogP contribution is 2.35. The second kappa shape index (κ2) is 6.95. The number of benzene rings is 1. The molecule has 0 amide bonds. The minimum Gasteiger partial charge on any atom is -0.496 e. The van der Waals surface area contributed by atoms with Crippen LogP contribution < -0.4 is 15.4 Å². The lowest BCUT2D eigenvalue weighted by Crippen LogP contribution is -2.37. The van der Waals surface area contributed by atoms with Gasteiger partial charge in [-0.25, -0.2) is 0 Å². The van der Waals surface area contributed by atoms with Crippen LogP contribution in [0.4, 0.5) is 5.69 Å². The highest BCUT2D eigenvalue weighted by molar-refractivity contribution is 5.61. The Morgan fingerprint density at radius 3 is 2.60 bits per heavy atom. The van der Waals surface area contributed by atoms with Crippen molar-refractivity contribution >= 4 is 5.69 Å². The SMILES string of the molecule is CCOC1CCN(c2cccc(OC)c2[C@H](C)N)CC1. The second-order valence-corrected chi connectivity index (χ2v) is 5.32. The van der Waals surface area contributed by atoms with Gasteiger partial charge in [0.05, 0.1) is 13.2 Å². The minimum atomic E-state index is -0.0363. The fourth-order valence-electron chi connectivity index (χ4n) is 2.94. The molecule has 0 spiro atoms.